The fourth-order valence-electron chi connectivity index (χ4n) is 8.09. The van der Waals surface area contributed by atoms with Crippen LogP contribution in [0.15, 0.2) is 52.9 Å². The van der Waals surface area contributed by atoms with Crippen molar-refractivity contribution in [2.45, 2.75) is 89.1 Å². The number of benzene rings is 2. The van der Waals surface area contributed by atoms with Crippen molar-refractivity contribution in [2.75, 3.05) is 51.5 Å². The maximum Gasteiger partial charge on any atom is 0.286 e. The van der Waals surface area contributed by atoms with Gasteiger partial charge in [-0.25, -0.2) is 4.21 Å². The molecule has 3 aliphatic heterocycles. The van der Waals surface area contributed by atoms with Crippen LogP contribution in [0.3, 0.4) is 0 Å². The quantitative estimate of drug-likeness (QED) is 0.327. The Morgan fingerprint density at radius 3 is 2.67 bits per heavy atom. The van der Waals surface area contributed by atoms with E-state index < -0.39 is 27.0 Å². The number of fused-ring (bicyclic) bond motifs is 3. The van der Waals surface area contributed by atoms with Crippen molar-refractivity contribution in [2.24, 2.45) is 22.1 Å². The van der Waals surface area contributed by atoms with E-state index in [-0.39, 0.29) is 47.5 Å². The zero-order valence-electron chi connectivity index (χ0n) is 31.1. The molecule has 7 atom stereocenters. The molecule has 284 valence electrons. The lowest BCUT2D eigenvalue weighted by Crippen LogP contribution is -2.47. The van der Waals surface area contributed by atoms with Crippen LogP contribution < -0.4 is 14.4 Å². The van der Waals surface area contributed by atoms with E-state index in [9.17, 15) is 13.8 Å². The molecule has 2 aromatic carbocycles. The number of hydrogen-bond donors (Lipinski definition) is 1. The molecule has 2 bridgehead atoms. The van der Waals surface area contributed by atoms with E-state index in [1.165, 1.54) is 11.1 Å². The van der Waals surface area contributed by atoms with Gasteiger partial charge in [-0.1, -0.05) is 50.6 Å². The lowest BCUT2D eigenvalue weighted by molar-refractivity contribution is -0.128. The number of halogens is 1. The average Bonchev–Trinajstić information content (AvgIpc) is 3.28. The van der Waals surface area contributed by atoms with Gasteiger partial charge >= 0.3 is 0 Å². The van der Waals surface area contributed by atoms with Crippen LogP contribution in [0.25, 0.3) is 0 Å². The molecule has 6 rings (SSSR count). The molecule has 1 unspecified atom stereocenters. The summed E-state index contributed by atoms with van der Waals surface area (Å²) in [6, 6.07) is 11.5. The highest BCUT2D eigenvalue weighted by Gasteiger charge is 2.42. The number of hydrogen-bond acceptors (Lipinski definition) is 8. The molecule has 1 aliphatic carbocycles. The van der Waals surface area contributed by atoms with E-state index in [0.717, 1.165) is 30.0 Å². The number of nitrogens with zero attached hydrogens (tertiary/aromatic N) is 2. The number of anilines is 1. The number of ether oxygens (including phenoxy) is 4. The number of nitrogens with one attached hydrogen (secondary N) is 1. The van der Waals surface area contributed by atoms with E-state index in [2.05, 4.69) is 52.1 Å². The number of aryl methyl sites for hydroxylation is 1. The van der Waals surface area contributed by atoms with Crippen molar-refractivity contribution in [3.8, 4) is 5.75 Å². The van der Waals surface area contributed by atoms with Gasteiger partial charge in [-0.2, -0.15) is 0 Å². The van der Waals surface area contributed by atoms with Gasteiger partial charge < -0.3 is 23.8 Å². The summed E-state index contributed by atoms with van der Waals surface area (Å²) < 4.78 is 45.6. The molecular weight excluding hydrogens is 702 g/mol. The summed E-state index contributed by atoms with van der Waals surface area (Å²) in [6.45, 7) is 10.9. The minimum Gasteiger partial charge on any atom is -0.490 e. The Morgan fingerprint density at radius 1 is 1.12 bits per heavy atom. The lowest BCUT2D eigenvalue weighted by atomic mass is 9.70. The first-order valence-corrected chi connectivity index (χ1v) is 20.7. The van der Waals surface area contributed by atoms with Crippen molar-refractivity contribution < 1.29 is 32.7 Å². The van der Waals surface area contributed by atoms with Gasteiger partial charge in [-0.15, -0.1) is 4.36 Å². The van der Waals surface area contributed by atoms with Crippen molar-refractivity contribution in [3.63, 3.8) is 0 Å². The first-order valence-electron chi connectivity index (χ1n) is 18.7. The molecule has 1 spiro atoms. The summed E-state index contributed by atoms with van der Waals surface area (Å²) in [7, 11) is -1.85. The first-order chi connectivity index (χ1) is 24.9. The van der Waals surface area contributed by atoms with Gasteiger partial charge in [-0.3, -0.25) is 14.3 Å². The van der Waals surface area contributed by atoms with Crippen LogP contribution >= 0.6 is 11.6 Å². The minimum absolute atomic E-state index is 0.114. The SMILES string of the molecule is CO[C@H]1/C=C\C[C@H](C)[C@@H](C)S(=O)(NC(=O)COC2CCOCC2)=NC(=O)c2ccc3c(c2)N(C[C@H](C)[C@H]1C)C[C@@]1(CCCc2cc(Cl)ccc21)CO3. The maximum absolute atomic E-state index is 14.8. The van der Waals surface area contributed by atoms with Crippen LogP contribution in [0.4, 0.5) is 5.69 Å². The van der Waals surface area contributed by atoms with Gasteiger partial charge in [0.15, 0.2) is 0 Å². The molecular formula is C40H54ClN3O7S. The largest absolute Gasteiger partial charge is 0.490 e. The second-order valence-electron chi connectivity index (χ2n) is 15.3. The number of rotatable bonds is 5. The summed E-state index contributed by atoms with van der Waals surface area (Å²) >= 11 is 6.46. The molecule has 2 amide bonds. The molecule has 2 aromatic rings. The van der Waals surface area contributed by atoms with E-state index in [1.54, 1.807) is 20.1 Å². The third kappa shape index (κ3) is 8.54. The first kappa shape index (κ1) is 38.8. The van der Waals surface area contributed by atoms with Crippen LogP contribution in [0.2, 0.25) is 5.02 Å². The lowest BCUT2D eigenvalue weighted by Gasteiger charge is -2.42. The van der Waals surface area contributed by atoms with Crippen molar-refractivity contribution >= 4 is 39.0 Å². The predicted molar refractivity (Wildman–Crippen MR) is 205 cm³/mol. The molecule has 0 saturated carbocycles. The highest BCUT2D eigenvalue weighted by molar-refractivity contribution is 7.93. The van der Waals surface area contributed by atoms with Crippen LogP contribution in [0.5, 0.6) is 5.75 Å². The molecule has 1 saturated heterocycles. The smallest absolute Gasteiger partial charge is 0.286 e. The molecule has 0 radical (unpaired) electrons. The van der Waals surface area contributed by atoms with Gasteiger partial charge in [0.25, 0.3) is 11.8 Å². The zero-order valence-corrected chi connectivity index (χ0v) is 32.7. The summed E-state index contributed by atoms with van der Waals surface area (Å²) in [6.07, 6.45) is 8.75. The fourth-order valence-corrected chi connectivity index (χ4v) is 10.2. The van der Waals surface area contributed by atoms with Crippen molar-refractivity contribution in [3.05, 3.63) is 70.3 Å². The average molecular weight is 756 g/mol. The standard InChI is InChI=1S/C40H54ClN3O7S/c1-26-8-6-10-36(48-5)28(3)27(2)22-44-24-40(17-7-9-30-20-32(41)12-13-34(30)40)25-51-37-14-11-31(21-35(37)44)39(46)43-52(47,29(26)4)42-38(45)23-50-33-15-18-49-19-16-33/h6,10-14,20-21,26-29,33,36H,7-9,15-19,22-25H2,1-5H3,(H,42,43,45,46,47)/b10-6-/t26-,27-,28+,29+,36-,40-,52?/m0/s1. The number of methoxy groups -OCH3 is 1. The monoisotopic (exact) mass is 755 g/mol. The van der Waals surface area contributed by atoms with Crippen LogP contribution in [-0.4, -0.2) is 80.1 Å². The van der Waals surface area contributed by atoms with Gasteiger partial charge in [0.2, 0.25) is 0 Å². The predicted octanol–water partition coefficient (Wildman–Crippen LogP) is 6.92. The summed E-state index contributed by atoms with van der Waals surface area (Å²) in [4.78, 5) is 29.7. The number of allylic oxidation sites excluding steroid dienone is 1. The highest BCUT2D eigenvalue weighted by atomic mass is 35.5. The Bertz CT molecular complexity index is 1770. The summed E-state index contributed by atoms with van der Waals surface area (Å²) in [5.41, 5.74) is 3.29. The normalized spacial score (nSPS) is 32.2. The van der Waals surface area contributed by atoms with Crippen LogP contribution in [0, 0.1) is 17.8 Å². The Balaban J connectivity index is 1.39. The van der Waals surface area contributed by atoms with Gasteiger partial charge in [0.1, 0.15) is 22.3 Å². The topological polar surface area (TPSA) is 116 Å². The number of carbonyl (C=O) groups is 2. The van der Waals surface area contributed by atoms with E-state index in [1.807, 2.05) is 25.1 Å². The molecule has 4 aliphatic rings. The number of amides is 2. The molecule has 3 heterocycles. The molecule has 0 aromatic heterocycles. The Kier molecular flexibility index (Phi) is 12.4. The van der Waals surface area contributed by atoms with E-state index in [4.69, 9.17) is 30.5 Å². The third-order valence-corrected chi connectivity index (χ3v) is 14.4. The summed E-state index contributed by atoms with van der Waals surface area (Å²) in [5.74, 6) is -0.369. The minimum atomic E-state index is -3.58. The molecule has 1 fully saturated rings. The van der Waals surface area contributed by atoms with E-state index in [0.29, 0.717) is 57.9 Å². The second-order valence-corrected chi connectivity index (χ2v) is 18.0. The Labute approximate surface area is 314 Å². The third-order valence-electron chi connectivity index (χ3n) is 11.7. The Morgan fingerprint density at radius 2 is 1.90 bits per heavy atom. The van der Waals surface area contributed by atoms with Crippen LogP contribution in [0.1, 0.15) is 81.3 Å². The van der Waals surface area contributed by atoms with Gasteiger partial charge in [0.05, 0.1) is 29.8 Å². The van der Waals surface area contributed by atoms with Crippen LogP contribution in [-0.2, 0) is 40.8 Å². The highest BCUT2D eigenvalue weighted by Crippen LogP contribution is 2.45. The van der Waals surface area contributed by atoms with Crippen molar-refractivity contribution in [1.29, 1.82) is 0 Å². The summed E-state index contributed by atoms with van der Waals surface area (Å²) in [5, 5.41) is 0.0775. The maximum atomic E-state index is 14.8. The second kappa shape index (κ2) is 16.6. The molecule has 1 N–H and O–H groups in total. The fraction of sp³-hybridized carbons (Fsp3) is 0.600. The number of carbonyl (C=O) groups excluding carboxylic acids is 2. The molecule has 12 heteroatoms. The van der Waals surface area contributed by atoms with Crippen molar-refractivity contribution in [1.82, 2.24) is 4.72 Å². The zero-order chi connectivity index (χ0) is 37.0. The van der Waals surface area contributed by atoms with E-state index >= 15 is 0 Å². The molecule has 52 heavy (non-hydrogen) atoms. The Hall–Kier alpha value is -2.96. The van der Waals surface area contributed by atoms with Gasteiger partial charge in [-0.05, 0) is 105 Å². The molecule has 10 nitrogen and oxygen atoms in total. The van der Waals surface area contributed by atoms with Gasteiger partial charge in [0, 0.05) is 49.4 Å².